The predicted molar refractivity (Wildman–Crippen MR) is 66.1 cm³/mol. The second-order valence-electron chi connectivity index (χ2n) is 4.51. The molecule has 1 aromatic heterocycles. The summed E-state index contributed by atoms with van der Waals surface area (Å²) in [6.07, 6.45) is 0.245. The van der Waals surface area contributed by atoms with Gasteiger partial charge in [0.05, 0.1) is 6.10 Å². The lowest BCUT2D eigenvalue weighted by Crippen LogP contribution is -2.29. The van der Waals surface area contributed by atoms with E-state index in [9.17, 15) is 9.90 Å². The van der Waals surface area contributed by atoms with Crippen molar-refractivity contribution in [3.8, 4) is 11.4 Å². The van der Waals surface area contributed by atoms with Gasteiger partial charge in [0, 0.05) is 24.2 Å². The van der Waals surface area contributed by atoms with Gasteiger partial charge in [-0.2, -0.15) is 5.21 Å². The highest BCUT2D eigenvalue weighted by atomic mass is 16.3. The summed E-state index contributed by atoms with van der Waals surface area (Å²) >= 11 is 0. The summed E-state index contributed by atoms with van der Waals surface area (Å²) in [6.45, 7) is 1.01. The molecule has 1 aliphatic rings. The van der Waals surface area contributed by atoms with E-state index >= 15 is 0 Å². The molecule has 3 rings (SSSR count). The number of β-amino-alcohol motifs (C(OH)–C–C–N with tert-alkyl or cyclic N) is 1. The number of aromatic nitrogens is 4. The molecule has 0 unspecified atom stereocenters. The maximum absolute atomic E-state index is 12.2. The number of benzene rings is 1. The maximum atomic E-state index is 12.2. The van der Waals surface area contributed by atoms with Gasteiger partial charge < -0.3 is 10.0 Å². The minimum Gasteiger partial charge on any atom is -0.391 e. The number of rotatable bonds is 2. The number of hydrogen-bond donors (Lipinski definition) is 2. The Morgan fingerprint density at radius 2 is 2.16 bits per heavy atom. The van der Waals surface area contributed by atoms with Gasteiger partial charge in [-0.15, -0.1) is 10.2 Å². The van der Waals surface area contributed by atoms with Crippen LogP contribution in [-0.2, 0) is 0 Å². The number of aromatic amines is 1. The number of likely N-dealkylation sites (tertiary alicyclic amines) is 1. The van der Waals surface area contributed by atoms with E-state index in [1.54, 1.807) is 29.2 Å². The largest absolute Gasteiger partial charge is 0.391 e. The van der Waals surface area contributed by atoms with Gasteiger partial charge >= 0.3 is 0 Å². The van der Waals surface area contributed by atoms with Gasteiger partial charge in [0.1, 0.15) is 0 Å². The molecule has 7 nitrogen and oxygen atoms in total. The van der Waals surface area contributed by atoms with E-state index in [1.807, 2.05) is 0 Å². The number of H-pyrrole nitrogens is 1. The number of hydrogen-bond acceptors (Lipinski definition) is 5. The summed E-state index contributed by atoms with van der Waals surface area (Å²) in [5, 5.41) is 23.1. The average molecular weight is 259 g/mol. The lowest BCUT2D eigenvalue weighted by atomic mass is 10.1. The normalized spacial score (nSPS) is 18.8. The fourth-order valence-electron chi connectivity index (χ4n) is 2.15. The molecule has 19 heavy (non-hydrogen) atoms. The summed E-state index contributed by atoms with van der Waals surface area (Å²) in [5.41, 5.74) is 1.40. The van der Waals surface area contributed by atoms with Gasteiger partial charge in [-0.3, -0.25) is 4.79 Å². The number of carbonyl (C=O) groups excluding carboxylic acids is 1. The van der Waals surface area contributed by atoms with Crippen molar-refractivity contribution < 1.29 is 9.90 Å². The molecule has 1 aromatic carbocycles. The van der Waals surface area contributed by atoms with Gasteiger partial charge in [0.2, 0.25) is 5.82 Å². The zero-order valence-electron chi connectivity index (χ0n) is 10.2. The zero-order valence-corrected chi connectivity index (χ0v) is 10.2. The van der Waals surface area contributed by atoms with Crippen LogP contribution in [0.2, 0.25) is 0 Å². The van der Waals surface area contributed by atoms with Crippen molar-refractivity contribution in [2.75, 3.05) is 13.1 Å². The van der Waals surface area contributed by atoms with E-state index in [2.05, 4.69) is 20.6 Å². The molecule has 0 bridgehead atoms. The standard InChI is InChI=1S/C12H13N5O2/c18-10-5-6-17(7-10)12(19)9-3-1-8(2-4-9)11-13-15-16-14-11/h1-4,10,18H,5-7H2,(H,13,14,15,16)/t10-/m0/s1. The molecule has 7 heteroatoms. The molecular weight excluding hydrogens is 246 g/mol. The first-order valence-electron chi connectivity index (χ1n) is 6.05. The van der Waals surface area contributed by atoms with Crippen molar-refractivity contribution in [3.63, 3.8) is 0 Å². The fraction of sp³-hybridized carbons (Fsp3) is 0.333. The molecule has 2 N–H and O–H groups in total. The number of tetrazole rings is 1. The van der Waals surface area contributed by atoms with E-state index in [-0.39, 0.29) is 5.91 Å². The van der Waals surface area contributed by atoms with Crippen molar-refractivity contribution >= 4 is 5.91 Å². The van der Waals surface area contributed by atoms with E-state index in [4.69, 9.17) is 0 Å². The first kappa shape index (κ1) is 11.8. The van der Waals surface area contributed by atoms with Crippen LogP contribution in [0.1, 0.15) is 16.8 Å². The summed E-state index contributed by atoms with van der Waals surface area (Å²) in [7, 11) is 0. The van der Waals surface area contributed by atoms with Gasteiger partial charge in [0.15, 0.2) is 0 Å². The molecule has 0 radical (unpaired) electrons. The third kappa shape index (κ3) is 2.32. The Labute approximate surface area is 109 Å². The van der Waals surface area contributed by atoms with Crippen molar-refractivity contribution in [3.05, 3.63) is 29.8 Å². The lowest BCUT2D eigenvalue weighted by Gasteiger charge is -2.15. The Hall–Kier alpha value is -2.28. The van der Waals surface area contributed by atoms with E-state index < -0.39 is 6.10 Å². The molecular formula is C12H13N5O2. The monoisotopic (exact) mass is 259 g/mol. The van der Waals surface area contributed by atoms with E-state index in [1.165, 1.54) is 0 Å². The number of aliphatic hydroxyl groups is 1. The third-order valence-corrected chi connectivity index (χ3v) is 3.19. The molecule has 0 spiro atoms. The first-order valence-corrected chi connectivity index (χ1v) is 6.05. The molecule has 1 aliphatic heterocycles. The van der Waals surface area contributed by atoms with Crippen molar-refractivity contribution in [1.29, 1.82) is 0 Å². The molecule has 1 saturated heterocycles. The van der Waals surface area contributed by atoms with Crippen LogP contribution in [0.5, 0.6) is 0 Å². The summed E-state index contributed by atoms with van der Waals surface area (Å²) in [5.74, 6) is 0.437. The second-order valence-corrected chi connectivity index (χ2v) is 4.51. The highest BCUT2D eigenvalue weighted by molar-refractivity contribution is 5.94. The smallest absolute Gasteiger partial charge is 0.253 e. The Kier molecular flexibility index (Phi) is 2.96. The van der Waals surface area contributed by atoms with Crippen LogP contribution in [-0.4, -0.2) is 55.7 Å². The van der Waals surface area contributed by atoms with Crippen molar-refractivity contribution in [2.24, 2.45) is 0 Å². The average Bonchev–Trinajstić information content (AvgIpc) is 3.09. The summed E-state index contributed by atoms with van der Waals surface area (Å²) in [4.78, 5) is 13.8. The van der Waals surface area contributed by atoms with E-state index in [0.29, 0.717) is 30.9 Å². The van der Waals surface area contributed by atoms with Gasteiger partial charge in [-0.05, 0) is 23.8 Å². The highest BCUT2D eigenvalue weighted by Crippen LogP contribution is 2.17. The van der Waals surface area contributed by atoms with Crippen LogP contribution in [0.15, 0.2) is 24.3 Å². The molecule has 2 heterocycles. The van der Waals surface area contributed by atoms with Crippen LogP contribution in [0, 0.1) is 0 Å². The van der Waals surface area contributed by atoms with E-state index in [0.717, 1.165) is 5.56 Å². The Morgan fingerprint density at radius 3 is 2.74 bits per heavy atom. The summed E-state index contributed by atoms with van der Waals surface area (Å²) in [6, 6.07) is 7.03. The molecule has 1 atom stereocenters. The predicted octanol–water partition coefficient (Wildman–Crippen LogP) is 0.0735. The topological polar surface area (TPSA) is 95.0 Å². The van der Waals surface area contributed by atoms with Crippen LogP contribution >= 0.6 is 0 Å². The van der Waals surface area contributed by atoms with Crippen molar-refractivity contribution in [1.82, 2.24) is 25.5 Å². The van der Waals surface area contributed by atoms with Crippen molar-refractivity contribution in [2.45, 2.75) is 12.5 Å². The molecule has 2 aromatic rings. The molecule has 0 aliphatic carbocycles. The fourth-order valence-corrected chi connectivity index (χ4v) is 2.15. The van der Waals surface area contributed by atoms with Gasteiger partial charge in [-0.1, -0.05) is 12.1 Å². The Balaban J connectivity index is 1.77. The number of amides is 1. The quantitative estimate of drug-likeness (QED) is 0.796. The van der Waals surface area contributed by atoms with Gasteiger partial charge in [0.25, 0.3) is 5.91 Å². The van der Waals surface area contributed by atoms with Gasteiger partial charge in [-0.25, -0.2) is 0 Å². The molecule has 0 saturated carbocycles. The number of carbonyl (C=O) groups is 1. The van der Waals surface area contributed by atoms with Crippen LogP contribution < -0.4 is 0 Å². The maximum Gasteiger partial charge on any atom is 0.253 e. The Bertz CT molecular complexity index is 566. The molecule has 98 valence electrons. The minimum atomic E-state index is -0.400. The SMILES string of the molecule is O=C(c1ccc(-c2nn[nH]n2)cc1)N1CC[C@H](O)C1. The lowest BCUT2D eigenvalue weighted by molar-refractivity contribution is 0.0765. The number of aliphatic hydroxyl groups excluding tert-OH is 1. The van der Waals surface area contributed by atoms with Crippen LogP contribution in [0.3, 0.4) is 0 Å². The molecule has 1 fully saturated rings. The zero-order chi connectivity index (χ0) is 13.2. The third-order valence-electron chi connectivity index (χ3n) is 3.19. The first-order chi connectivity index (χ1) is 9.24. The number of nitrogens with zero attached hydrogens (tertiary/aromatic N) is 4. The van der Waals surface area contributed by atoms with Crippen LogP contribution in [0.25, 0.3) is 11.4 Å². The number of nitrogens with one attached hydrogen (secondary N) is 1. The van der Waals surface area contributed by atoms with Crippen LogP contribution in [0.4, 0.5) is 0 Å². The minimum absolute atomic E-state index is 0.0591. The highest BCUT2D eigenvalue weighted by Gasteiger charge is 2.25. The second kappa shape index (κ2) is 4.77. The Morgan fingerprint density at radius 1 is 1.37 bits per heavy atom. The molecule has 1 amide bonds. The summed E-state index contributed by atoms with van der Waals surface area (Å²) < 4.78 is 0.